The van der Waals surface area contributed by atoms with Crippen molar-refractivity contribution >= 4 is 27.3 Å². The topological polar surface area (TPSA) is 94.9 Å². The molecule has 1 unspecified atom stereocenters. The Kier molecular flexibility index (Phi) is 4.28. The third kappa shape index (κ3) is 2.92. The minimum absolute atomic E-state index is 0.263. The molecule has 1 atom stereocenters. The zero-order valence-electron chi connectivity index (χ0n) is 12.0. The van der Waals surface area contributed by atoms with Crippen LogP contribution in [0.3, 0.4) is 0 Å². The van der Waals surface area contributed by atoms with Gasteiger partial charge < -0.3 is 10.2 Å². The number of rotatable bonds is 5. The van der Waals surface area contributed by atoms with Crippen molar-refractivity contribution in [3.05, 3.63) is 17.0 Å². The van der Waals surface area contributed by atoms with Crippen LogP contribution in [0, 0.1) is 5.92 Å². The van der Waals surface area contributed by atoms with E-state index in [4.69, 9.17) is 5.11 Å². The first-order valence-electron chi connectivity index (χ1n) is 7.39. The van der Waals surface area contributed by atoms with Crippen LogP contribution in [0.1, 0.15) is 37.2 Å². The highest BCUT2D eigenvalue weighted by Crippen LogP contribution is 2.45. The van der Waals surface area contributed by atoms with Crippen LogP contribution in [0.2, 0.25) is 0 Å². The molecule has 1 aromatic rings. The van der Waals surface area contributed by atoms with Gasteiger partial charge in [0.05, 0.1) is 0 Å². The van der Waals surface area contributed by atoms with E-state index in [-0.39, 0.29) is 19.0 Å². The summed E-state index contributed by atoms with van der Waals surface area (Å²) in [7, 11) is -3.50. The quantitative estimate of drug-likeness (QED) is 0.843. The number of aliphatic carboxylic acids is 1. The first-order valence-corrected chi connectivity index (χ1v) is 9.71. The van der Waals surface area contributed by atoms with Gasteiger partial charge in [-0.05, 0) is 54.5 Å². The van der Waals surface area contributed by atoms with Crippen LogP contribution in [-0.4, -0.2) is 48.1 Å². The van der Waals surface area contributed by atoms with Gasteiger partial charge in [0, 0.05) is 13.1 Å². The number of carboxylic acids is 1. The molecule has 6 nitrogen and oxygen atoms in total. The molecule has 8 heteroatoms. The van der Waals surface area contributed by atoms with E-state index < -0.39 is 22.1 Å². The predicted octanol–water partition coefficient (Wildman–Crippen LogP) is 1.47. The SMILES string of the molecule is O=C(O)C(O)C1CCN(S(=O)(=O)c2sccc2C2CC2)CC1. The molecule has 2 N–H and O–H groups in total. The first kappa shape index (κ1) is 15.9. The maximum absolute atomic E-state index is 12.8. The van der Waals surface area contributed by atoms with E-state index in [9.17, 15) is 18.3 Å². The van der Waals surface area contributed by atoms with Gasteiger partial charge in [-0.1, -0.05) is 0 Å². The zero-order chi connectivity index (χ0) is 15.9. The lowest BCUT2D eigenvalue weighted by atomic mass is 9.92. The summed E-state index contributed by atoms with van der Waals surface area (Å²) in [6, 6.07) is 1.90. The lowest BCUT2D eigenvalue weighted by molar-refractivity contribution is -0.150. The van der Waals surface area contributed by atoms with Crippen molar-refractivity contribution in [2.24, 2.45) is 5.92 Å². The molecular formula is C14H19NO5S2. The lowest BCUT2D eigenvalue weighted by Gasteiger charge is -2.32. The van der Waals surface area contributed by atoms with Crippen LogP contribution in [0.5, 0.6) is 0 Å². The molecule has 122 valence electrons. The van der Waals surface area contributed by atoms with E-state index in [1.807, 2.05) is 11.4 Å². The lowest BCUT2D eigenvalue weighted by Crippen LogP contribution is -2.43. The number of aliphatic hydroxyl groups is 1. The van der Waals surface area contributed by atoms with Gasteiger partial charge in [0.25, 0.3) is 10.0 Å². The largest absolute Gasteiger partial charge is 0.479 e. The number of hydrogen-bond acceptors (Lipinski definition) is 5. The second-order valence-corrected chi connectivity index (χ2v) is 9.01. The fourth-order valence-corrected chi connectivity index (χ4v) is 6.10. The van der Waals surface area contributed by atoms with Crippen molar-refractivity contribution in [3.8, 4) is 0 Å². The number of thiophene rings is 1. The third-order valence-corrected chi connectivity index (χ3v) is 7.84. The standard InChI is InChI=1S/C14H19NO5S2/c16-12(13(17)18)10-3-6-15(7-4-10)22(19,20)14-11(5-8-21-14)9-1-2-9/h5,8-10,12,16H,1-4,6-7H2,(H,17,18). The molecule has 1 saturated carbocycles. The van der Waals surface area contributed by atoms with Gasteiger partial charge in [-0.3, -0.25) is 0 Å². The van der Waals surface area contributed by atoms with E-state index >= 15 is 0 Å². The number of nitrogens with zero attached hydrogens (tertiary/aromatic N) is 1. The van der Waals surface area contributed by atoms with Crippen LogP contribution in [0.25, 0.3) is 0 Å². The van der Waals surface area contributed by atoms with E-state index in [0.717, 1.165) is 18.4 Å². The van der Waals surface area contributed by atoms with Crippen LogP contribution < -0.4 is 0 Å². The Morgan fingerprint density at radius 1 is 1.27 bits per heavy atom. The molecule has 2 heterocycles. The molecule has 1 saturated heterocycles. The Morgan fingerprint density at radius 3 is 2.45 bits per heavy atom. The molecule has 2 aliphatic rings. The van der Waals surface area contributed by atoms with Gasteiger partial charge in [0.2, 0.25) is 0 Å². The van der Waals surface area contributed by atoms with Gasteiger partial charge in [-0.15, -0.1) is 11.3 Å². The number of aliphatic hydroxyl groups excluding tert-OH is 1. The van der Waals surface area contributed by atoms with Crippen LogP contribution in [0.4, 0.5) is 0 Å². The van der Waals surface area contributed by atoms with Gasteiger partial charge in [0.1, 0.15) is 4.21 Å². The number of carbonyl (C=O) groups is 1. The van der Waals surface area contributed by atoms with Crippen molar-refractivity contribution < 1.29 is 23.4 Å². The Morgan fingerprint density at radius 2 is 1.91 bits per heavy atom. The highest BCUT2D eigenvalue weighted by Gasteiger charge is 2.38. The molecule has 0 amide bonds. The molecule has 1 aromatic heterocycles. The molecule has 1 aliphatic carbocycles. The maximum atomic E-state index is 12.8. The Labute approximate surface area is 133 Å². The van der Waals surface area contributed by atoms with Crippen molar-refractivity contribution in [3.63, 3.8) is 0 Å². The molecule has 1 aliphatic heterocycles. The van der Waals surface area contributed by atoms with Gasteiger partial charge in [-0.2, -0.15) is 4.31 Å². The second kappa shape index (κ2) is 5.92. The summed E-state index contributed by atoms with van der Waals surface area (Å²) < 4.78 is 27.4. The molecule has 0 spiro atoms. The van der Waals surface area contributed by atoms with Crippen LogP contribution >= 0.6 is 11.3 Å². The van der Waals surface area contributed by atoms with E-state index in [1.165, 1.54) is 15.6 Å². The van der Waals surface area contributed by atoms with Gasteiger partial charge >= 0.3 is 5.97 Å². The summed E-state index contributed by atoms with van der Waals surface area (Å²) in [4.78, 5) is 10.8. The van der Waals surface area contributed by atoms with Crippen molar-refractivity contribution in [1.82, 2.24) is 4.31 Å². The highest BCUT2D eigenvalue weighted by atomic mass is 32.2. The number of hydrogen-bond donors (Lipinski definition) is 2. The monoisotopic (exact) mass is 345 g/mol. The molecule has 2 fully saturated rings. The average molecular weight is 345 g/mol. The molecule has 22 heavy (non-hydrogen) atoms. The van der Waals surface area contributed by atoms with E-state index in [1.54, 1.807) is 0 Å². The van der Waals surface area contributed by atoms with Crippen LogP contribution in [0.15, 0.2) is 15.7 Å². The molecule has 0 bridgehead atoms. The summed E-state index contributed by atoms with van der Waals surface area (Å²) >= 11 is 1.26. The summed E-state index contributed by atoms with van der Waals surface area (Å²) in [5.41, 5.74) is 0.928. The van der Waals surface area contributed by atoms with Crippen molar-refractivity contribution in [2.45, 2.75) is 41.9 Å². The fourth-order valence-electron chi connectivity index (χ4n) is 2.96. The summed E-state index contributed by atoms with van der Waals surface area (Å²) in [5.74, 6) is -1.24. The minimum atomic E-state index is -3.50. The molecule has 3 rings (SSSR count). The van der Waals surface area contributed by atoms with Gasteiger partial charge in [0.15, 0.2) is 6.10 Å². The number of piperidine rings is 1. The Hall–Kier alpha value is -0.960. The summed E-state index contributed by atoms with van der Waals surface area (Å²) in [5, 5.41) is 20.2. The highest BCUT2D eigenvalue weighted by molar-refractivity contribution is 7.91. The van der Waals surface area contributed by atoms with E-state index in [2.05, 4.69) is 0 Å². The Bertz CT molecular complexity index is 657. The first-order chi connectivity index (χ1) is 10.4. The van der Waals surface area contributed by atoms with Crippen molar-refractivity contribution in [1.29, 1.82) is 0 Å². The van der Waals surface area contributed by atoms with E-state index in [0.29, 0.717) is 23.0 Å². The van der Waals surface area contributed by atoms with Crippen molar-refractivity contribution in [2.75, 3.05) is 13.1 Å². The Balaban J connectivity index is 1.72. The summed E-state index contributed by atoms with van der Waals surface area (Å²) in [6.07, 6.45) is 1.43. The fraction of sp³-hybridized carbons (Fsp3) is 0.643. The van der Waals surface area contributed by atoms with Crippen LogP contribution in [-0.2, 0) is 14.8 Å². The molecule has 0 aromatic carbocycles. The normalized spacial score (nSPS) is 22.6. The third-order valence-electron chi connectivity index (χ3n) is 4.45. The van der Waals surface area contributed by atoms with Gasteiger partial charge in [-0.25, -0.2) is 13.2 Å². The predicted molar refractivity (Wildman–Crippen MR) is 81.4 cm³/mol. The minimum Gasteiger partial charge on any atom is -0.479 e. The average Bonchev–Trinajstić information content (AvgIpc) is 3.22. The maximum Gasteiger partial charge on any atom is 0.332 e. The summed E-state index contributed by atoms with van der Waals surface area (Å²) in [6.45, 7) is 0.526. The number of carboxylic acid groups (broad SMARTS) is 1. The second-order valence-electron chi connectivity index (χ2n) is 5.96. The molecule has 0 radical (unpaired) electrons. The smallest absolute Gasteiger partial charge is 0.332 e. The molecular weight excluding hydrogens is 326 g/mol. The zero-order valence-corrected chi connectivity index (χ0v) is 13.6. The number of sulfonamides is 1.